The van der Waals surface area contributed by atoms with Crippen molar-refractivity contribution in [2.45, 2.75) is 33.2 Å². The zero-order valence-corrected chi connectivity index (χ0v) is 10.1. The van der Waals surface area contributed by atoms with Gasteiger partial charge in [-0.15, -0.1) is 0 Å². The lowest BCUT2D eigenvalue weighted by Gasteiger charge is -2.29. The number of likely N-dealkylation sites (N-methyl/N-ethyl adjacent to an activating group) is 1. The molecule has 0 spiro atoms. The van der Waals surface area contributed by atoms with Crippen molar-refractivity contribution in [2.24, 2.45) is 0 Å². The van der Waals surface area contributed by atoms with E-state index < -0.39 is 12.0 Å². The third-order valence-corrected chi connectivity index (χ3v) is 2.85. The molecule has 0 heterocycles. The van der Waals surface area contributed by atoms with Gasteiger partial charge in [-0.05, 0) is 31.9 Å². The Hall–Kier alpha value is -1.51. The molecule has 3 nitrogen and oxygen atoms in total. The Morgan fingerprint density at radius 2 is 2.00 bits per heavy atom. The molecule has 0 aromatic heterocycles. The van der Waals surface area contributed by atoms with Crippen molar-refractivity contribution < 1.29 is 9.90 Å². The second-order valence-electron chi connectivity index (χ2n) is 3.78. The molecule has 1 aromatic carbocycles. The number of benzene rings is 1. The molecule has 0 radical (unpaired) electrons. The van der Waals surface area contributed by atoms with Gasteiger partial charge in [-0.1, -0.05) is 25.1 Å². The second-order valence-corrected chi connectivity index (χ2v) is 3.78. The van der Waals surface area contributed by atoms with E-state index in [9.17, 15) is 4.79 Å². The van der Waals surface area contributed by atoms with Gasteiger partial charge in [0.15, 0.2) is 0 Å². The summed E-state index contributed by atoms with van der Waals surface area (Å²) in [5, 5.41) is 9.07. The van der Waals surface area contributed by atoms with Gasteiger partial charge in [0.1, 0.15) is 6.04 Å². The van der Waals surface area contributed by atoms with E-state index in [-0.39, 0.29) is 0 Å². The van der Waals surface area contributed by atoms with Gasteiger partial charge < -0.3 is 10.0 Å². The van der Waals surface area contributed by atoms with Crippen LogP contribution in [0.3, 0.4) is 0 Å². The van der Waals surface area contributed by atoms with Crippen LogP contribution in [0.5, 0.6) is 0 Å². The summed E-state index contributed by atoms with van der Waals surface area (Å²) in [7, 11) is 0. The average molecular weight is 221 g/mol. The van der Waals surface area contributed by atoms with Crippen molar-refractivity contribution >= 4 is 11.7 Å². The number of rotatable bonds is 5. The first kappa shape index (κ1) is 12.6. The summed E-state index contributed by atoms with van der Waals surface area (Å²) in [6.07, 6.45) is 0.916. The molecule has 0 unspecified atom stereocenters. The first-order chi connectivity index (χ1) is 7.61. The minimum absolute atomic E-state index is 0.488. The average Bonchev–Trinajstić information content (AvgIpc) is 2.30. The van der Waals surface area contributed by atoms with Crippen LogP contribution in [-0.4, -0.2) is 23.7 Å². The third kappa shape index (κ3) is 2.54. The predicted molar refractivity (Wildman–Crippen MR) is 65.9 cm³/mol. The fourth-order valence-corrected chi connectivity index (χ4v) is 1.88. The van der Waals surface area contributed by atoms with Gasteiger partial charge in [0.2, 0.25) is 0 Å². The molecule has 0 aliphatic carbocycles. The Bertz CT molecular complexity index is 363. The molecule has 0 amide bonds. The molecule has 0 saturated carbocycles. The fourth-order valence-electron chi connectivity index (χ4n) is 1.88. The zero-order chi connectivity index (χ0) is 12.1. The van der Waals surface area contributed by atoms with Gasteiger partial charge in [0.25, 0.3) is 0 Å². The minimum Gasteiger partial charge on any atom is -0.480 e. The van der Waals surface area contributed by atoms with Crippen molar-refractivity contribution in [1.29, 1.82) is 0 Å². The topological polar surface area (TPSA) is 40.5 Å². The molecule has 0 fully saturated rings. The van der Waals surface area contributed by atoms with Crippen LogP contribution in [0, 0.1) is 0 Å². The number of para-hydroxylation sites is 1. The molecule has 1 aromatic rings. The number of hydrogen-bond donors (Lipinski definition) is 1. The maximum Gasteiger partial charge on any atom is 0.326 e. The summed E-state index contributed by atoms with van der Waals surface area (Å²) in [5.74, 6) is -0.784. The number of carboxylic acids is 1. The second kappa shape index (κ2) is 5.54. The van der Waals surface area contributed by atoms with E-state index in [0.29, 0.717) is 6.54 Å². The first-order valence-corrected chi connectivity index (χ1v) is 5.69. The van der Waals surface area contributed by atoms with Crippen molar-refractivity contribution in [1.82, 2.24) is 0 Å². The Morgan fingerprint density at radius 1 is 1.38 bits per heavy atom. The molecule has 0 bridgehead atoms. The molecule has 1 rings (SSSR count). The molecular formula is C13H19NO2. The Kier molecular flexibility index (Phi) is 4.35. The molecule has 88 valence electrons. The number of carboxylic acid groups (broad SMARTS) is 1. The van der Waals surface area contributed by atoms with E-state index in [1.54, 1.807) is 6.92 Å². The molecule has 16 heavy (non-hydrogen) atoms. The molecule has 0 aliphatic rings. The van der Waals surface area contributed by atoms with Crippen LogP contribution in [0.2, 0.25) is 0 Å². The van der Waals surface area contributed by atoms with Crippen LogP contribution in [0.1, 0.15) is 26.3 Å². The lowest BCUT2D eigenvalue weighted by molar-refractivity contribution is -0.138. The number of carbonyl (C=O) groups is 1. The van der Waals surface area contributed by atoms with E-state index in [1.807, 2.05) is 36.1 Å². The fraction of sp³-hybridized carbons (Fsp3) is 0.462. The highest BCUT2D eigenvalue weighted by atomic mass is 16.4. The van der Waals surface area contributed by atoms with Crippen LogP contribution in [0.25, 0.3) is 0 Å². The Morgan fingerprint density at radius 3 is 2.50 bits per heavy atom. The van der Waals surface area contributed by atoms with Crippen LogP contribution >= 0.6 is 0 Å². The number of nitrogens with zero attached hydrogens (tertiary/aromatic N) is 1. The van der Waals surface area contributed by atoms with Crippen molar-refractivity contribution in [3.8, 4) is 0 Å². The summed E-state index contributed by atoms with van der Waals surface area (Å²) in [5.41, 5.74) is 2.22. The van der Waals surface area contributed by atoms with Gasteiger partial charge in [-0.2, -0.15) is 0 Å². The molecule has 0 saturated heterocycles. The van der Waals surface area contributed by atoms with Crippen LogP contribution in [0.4, 0.5) is 5.69 Å². The first-order valence-electron chi connectivity index (χ1n) is 5.69. The van der Waals surface area contributed by atoms with Gasteiger partial charge >= 0.3 is 5.97 Å². The van der Waals surface area contributed by atoms with Gasteiger partial charge in [0, 0.05) is 12.2 Å². The normalized spacial score (nSPS) is 12.2. The number of hydrogen-bond acceptors (Lipinski definition) is 2. The van der Waals surface area contributed by atoms with Gasteiger partial charge in [0.05, 0.1) is 0 Å². The number of aryl methyl sites for hydroxylation is 1. The SMILES string of the molecule is CCc1ccccc1N(CC)[C@@H](C)C(=O)O. The summed E-state index contributed by atoms with van der Waals surface area (Å²) >= 11 is 0. The molecule has 1 atom stereocenters. The molecule has 3 heteroatoms. The van der Waals surface area contributed by atoms with Crippen LogP contribution < -0.4 is 4.90 Å². The van der Waals surface area contributed by atoms with Crippen molar-refractivity contribution in [3.05, 3.63) is 29.8 Å². The van der Waals surface area contributed by atoms with E-state index in [1.165, 1.54) is 5.56 Å². The smallest absolute Gasteiger partial charge is 0.326 e. The van der Waals surface area contributed by atoms with Crippen molar-refractivity contribution in [3.63, 3.8) is 0 Å². The summed E-state index contributed by atoms with van der Waals surface area (Å²) in [4.78, 5) is 12.9. The van der Waals surface area contributed by atoms with E-state index in [0.717, 1.165) is 12.1 Å². The Balaban J connectivity index is 3.07. The minimum atomic E-state index is -0.784. The summed E-state index contributed by atoms with van der Waals surface area (Å²) in [6, 6.07) is 7.49. The highest BCUT2D eigenvalue weighted by Crippen LogP contribution is 2.22. The monoisotopic (exact) mass is 221 g/mol. The largest absolute Gasteiger partial charge is 0.480 e. The molecule has 1 N–H and O–H groups in total. The highest BCUT2D eigenvalue weighted by Gasteiger charge is 2.20. The molecule has 0 aliphatic heterocycles. The van der Waals surface area contributed by atoms with Crippen LogP contribution in [-0.2, 0) is 11.2 Å². The van der Waals surface area contributed by atoms with Gasteiger partial charge in [-0.3, -0.25) is 0 Å². The Labute approximate surface area is 96.7 Å². The predicted octanol–water partition coefficient (Wildman–Crippen LogP) is 2.55. The lowest BCUT2D eigenvalue weighted by atomic mass is 10.1. The third-order valence-electron chi connectivity index (χ3n) is 2.85. The summed E-state index contributed by atoms with van der Waals surface area (Å²) < 4.78 is 0. The van der Waals surface area contributed by atoms with E-state index in [4.69, 9.17) is 5.11 Å². The van der Waals surface area contributed by atoms with E-state index in [2.05, 4.69) is 6.92 Å². The number of aliphatic carboxylic acids is 1. The maximum atomic E-state index is 11.0. The summed E-state index contributed by atoms with van der Waals surface area (Å²) in [6.45, 7) is 6.48. The van der Waals surface area contributed by atoms with E-state index >= 15 is 0 Å². The molecular weight excluding hydrogens is 202 g/mol. The quantitative estimate of drug-likeness (QED) is 0.830. The van der Waals surface area contributed by atoms with Crippen molar-refractivity contribution in [2.75, 3.05) is 11.4 Å². The van der Waals surface area contributed by atoms with Gasteiger partial charge in [-0.25, -0.2) is 4.79 Å². The lowest BCUT2D eigenvalue weighted by Crippen LogP contribution is -2.39. The standard InChI is InChI=1S/C13H19NO2/c1-4-11-8-6-7-9-12(11)14(5-2)10(3)13(15)16/h6-10H,4-5H2,1-3H3,(H,15,16)/t10-/m0/s1. The zero-order valence-electron chi connectivity index (χ0n) is 10.1. The number of anilines is 1. The maximum absolute atomic E-state index is 11.0. The highest BCUT2D eigenvalue weighted by molar-refractivity contribution is 5.78. The van der Waals surface area contributed by atoms with Crippen LogP contribution in [0.15, 0.2) is 24.3 Å².